The molecule has 0 aliphatic heterocycles. The highest BCUT2D eigenvalue weighted by molar-refractivity contribution is 5.76. The lowest BCUT2D eigenvalue weighted by Gasteiger charge is -2.37. The third kappa shape index (κ3) is 8.37. The molecule has 1 atom stereocenters. The summed E-state index contributed by atoms with van der Waals surface area (Å²) in [7, 11) is 0. The average molecular weight is 609 g/mol. The molecule has 1 aliphatic rings. The van der Waals surface area contributed by atoms with E-state index in [0.717, 1.165) is 29.8 Å². The van der Waals surface area contributed by atoms with Gasteiger partial charge in [-0.2, -0.15) is 0 Å². The minimum Gasteiger partial charge on any atom is -0.338 e. The summed E-state index contributed by atoms with van der Waals surface area (Å²) in [6.45, 7) is 23.7. The molecule has 0 aromatic heterocycles. The van der Waals surface area contributed by atoms with Crippen molar-refractivity contribution < 1.29 is 0 Å². The Morgan fingerprint density at radius 2 is 1.43 bits per heavy atom. The van der Waals surface area contributed by atoms with Crippen LogP contribution in [0, 0.1) is 20.8 Å². The highest BCUT2D eigenvalue weighted by Crippen LogP contribution is 2.37. The number of hydrogen-bond acceptors (Lipinski definition) is 2. The molecule has 2 heteroatoms. The van der Waals surface area contributed by atoms with E-state index < -0.39 is 0 Å². The van der Waals surface area contributed by atoms with Gasteiger partial charge in [-0.3, -0.25) is 0 Å². The zero-order valence-electron chi connectivity index (χ0n) is 29.5. The van der Waals surface area contributed by atoms with Gasteiger partial charge in [0.25, 0.3) is 0 Å². The highest BCUT2D eigenvalue weighted by atomic mass is 15.2. The minimum atomic E-state index is 0.298. The van der Waals surface area contributed by atoms with E-state index in [0.29, 0.717) is 6.04 Å². The monoisotopic (exact) mass is 608 g/mol. The summed E-state index contributed by atoms with van der Waals surface area (Å²) >= 11 is 0. The van der Waals surface area contributed by atoms with Gasteiger partial charge in [-0.1, -0.05) is 90.4 Å². The van der Waals surface area contributed by atoms with Crippen molar-refractivity contribution in [3.63, 3.8) is 0 Å². The van der Waals surface area contributed by atoms with Crippen LogP contribution in [-0.2, 0) is 0 Å². The summed E-state index contributed by atoms with van der Waals surface area (Å²) < 4.78 is 0. The number of anilines is 3. The molecule has 0 saturated carbocycles. The maximum absolute atomic E-state index is 3.85. The van der Waals surface area contributed by atoms with E-state index in [4.69, 9.17) is 0 Å². The maximum atomic E-state index is 3.85. The maximum Gasteiger partial charge on any atom is 0.0583 e. The Balaban J connectivity index is 1.72. The molecule has 1 unspecified atom stereocenters. The highest BCUT2D eigenvalue weighted by Gasteiger charge is 2.25. The molecule has 3 aromatic carbocycles. The van der Waals surface area contributed by atoms with Gasteiger partial charge in [-0.05, 0) is 145 Å². The average Bonchev–Trinajstić information content (AvgIpc) is 3.03. The van der Waals surface area contributed by atoms with Crippen molar-refractivity contribution in [1.82, 2.24) is 0 Å². The fourth-order valence-electron chi connectivity index (χ4n) is 6.03. The van der Waals surface area contributed by atoms with E-state index in [1.54, 1.807) is 0 Å². The molecular formula is C44H52N2. The molecule has 0 heterocycles. The number of rotatable bonds is 11. The Labute approximate surface area is 279 Å². The predicted molar refractivity (Wildman–Crippen MR) is 204 cm³/mol. The molecule has 1 aliphatic carbocycles. The van der Waals surface area contributed by atoms with Crippen LogP contribution in [-0.4, -0.2) is 6.04 Å². The molecule has 0 radical (unpaired) electrons. The molecule has 0 amide bonds. The molecule has 0 spiro atoms. The number of hydrogen-bond donors (Lipinski definition) is 0. The lowest BCUT2D eigenvalue weighted by Crippen LogP contribution is -2.36. The standard InChI is InChI=1S/C44H52N2/c1-11-13-32(4)26-27-45(41-21-15-33(5)16-22-41)42-24-19-39(29-36(42)8)40-20-25-44(37(9)30-40)46(38(10)18-14-31(3)12-2)43-23-17-34(6)28-35(43)7/h11,13-22,24-30,43H,1,12,23H2,2-10H3/b27-26-,31-14-,32-13-,38-18+. The van der Waals surface area contributed by atoms with Gasteiger partial charge in [0.2, 0.25) is 0 Å². The molecular weight excluding hydrogens is 556 g/mol. The molecule has 0 N–H and O–H groups in total. The van der Waals surface area contributed by atoms with Crippen molar-refractivity contribution in [2.45, 2.75) is 81.2 Å². The summed E-state index contributed by atoms with van der Waals surface area (Å²) in [5.41, 5.74) is 16.3. The fraction of sp³-hybridized carbons (Fsp3) is 0.273. The van der Waals surface area contributed by atoms with Gasteiger partial charge in [0.1, 0.15) is 0 Å². The summed E-state index contributed by atoms with van der Waals surface area (Å²) in [5.74, 6) is 0. The Morgan fingerprint density at radius 1 is 0.804 bits per heavy atom. The number of allylic oxidation sites excluding steroid dienone is 10. The van der Waals surface area contributed by atoms with Crippen molar-refractivity contribution in [2.75, 3.05) is 9.80 Å². The quantitative estimate of drug-likeness (QED) is 0.200. The molecule has 3 aromatic rings. The van der Waals surface area contributed by atoms with Crippen molar-refractivity contribution in [2.24, 2.45) is 0 Å². The first-order valence-corrected chi connectivity index (χ1v) is 16.6. The Kier molecular flexibility index (Phi) is 11.7. The van der Waals surface area contributed by atoms with E-state index in [1.807, 2.05) is 12.2 Å². The topological polar surface area (TPSA) is 6.48 Å². The van der Waals surface area contributed by atoms with Gasteiger partial charge in [0.15, 0.2) is 0 Å². The molecule has 0 saturated heterocycles. The number of aryl methyl sites for hydroxylation is 3. The fourth-order valence-corrected chi connectivity index (χ4v) is 6.03. The Bertz CT molecular complexity index is 1740. The van der Waals surface area contributed by atoms with Gasteiger partial charge in [-0.25, -0.2) is 0 Å². The Morgan fingerprint density at radius 3 is 2.00 bits per heavy atom. The van der Waals surface area contributed by atoms with Crippen LogP contribution in [0.25, 0.3) is 11.1 Å². The first kappa shape index (κ1) is 34.3. The van der Waals surface area contributed by atoms with Crippen LogP contribution in [0.4, 0.5) is 17.1 Å². The molecule has 46 heavy (non-hydrogen) atoms. The molecule has 238 valence electrons. The predicted octanol–water partition coefficient (Wildman–Crippen LogP) is 12.8. The minimum absolute atomic E-state index is 0.298. The molecule has 0 bridgehead atoms. The lowest BCUT2D eigenvalue weighted by atomic mass is 9.92. The SMILES string of the molecule is C=C/C=C(C)\C=C/N(c1ccc(C)cc1)c1ccc(-c2ccc(N(/C(C)=C/C=C(/C)CC)C3CC=C(C)C=C3C)c(C)c2)cc1C. The first-order valence-electron chi connectivity index (χ1n) is 16.6. The molecule has 4 rings (SSSR count). The van der Waals surface area contributed by atoms with Crippen LogP contribution in [0.1, 0.15) is 71.1 Å². The summed E-state index contributed by atoms with van der Waals surface area (Å²) in [6, 6.07) is 22.8. The van der Waals surface area contributed by atoms with Crippen molar-refractivity contribution in [1.29, 1.82) is 0 Å². The van der Waals surface area contributed by atoms with Crippen LogP contribution in [0.15, 0.2) is 144 Å². The second-order valence-electron chi connectivity index (χ2n) is 12.8. The van der Waals surface area contributed by atoms with E-state index >= 15 is 0 Å². The lowest BCUT2D eigenvalue weighted by molar-refractivity contribution is 0.707. The van der Waals surface area contributed by atoms with Gasteiger partial charge in [0.05, 0.1) is 6.04 Å². The Hall–Kier alpha value is -4.56. The summed E-state index contributed by atoms with van der Waals surface area (Å²) in [6.07, 6.45) is 19.5. The van der Waals surface area contributed by atoms with Crippen LogP contribution in [0.2, 0.25) is 0 Å². The molecule has 2 nitrogen and oxygen atoms in total. The summed E-state index contributed by atoms with van der Waals surface area (Å²) in [5, 5.41) is 0. The second kappa shape index (κ2) is 15.6. The smallest absolute Gasteiger partial charge is 0.0583 e. The van der Waals surface area contributed by atoms with Gasteiger partial charge < -0.3 is 9.80 Å². The summed E-state index contributed by atoms with van der Waals surface area (Å²) in [4.78, 5) is 4.81. The van der Waals surface area contributed by atoms with Crippen LogP contribution in [0.3, 0.4) is 0 Å². The van der Waals surface area contributed by atoms with E-state index in [-0.39, 0.29) is 0 Å². The largest absolute Gasteiger partial charge is 0.338 e. The van der Waals surface area contributed by atoms with E-state index in [9.17, 15) is 0 Å². The van der Waals surface area contributed by atoms with Crippen LogP contribution < -0.4 is 9.80 Å². The zero-order chi connectivity index (χ0) is 33.4. The van der Waals surface area contributed by atoms with Gasteiger partial charge >= 0.3 is 0 Å². The van der Waals surface area contributed by atoms with Crippen LogP contribution in [0.5, 0.6) is 0 Å². The van der Waals surface area contributed by atoms with Gasteiger partial charge in [-0.15, -0.1) is 0 Å². The number of benzene rings is 3. The first-order chi connectivity index (χ1) is 22.0. The molecule has 0 fully saturated rings. The third-order valence-corrected chi connectivity index (χ3v) is 8.93. The zero-order valence-corrected chi connectivity index (χ0v) is 29.5. The van der Waals surface area contributed by atoms with Crippen molar-refractivity contribution >= 4 is 17.1 Å². The normalized spacial score (nSPS) is 15.9. The van der Waals surface area contributed by atoms with Crippen molar-refractivity contribution in [3.8, 4) is 11.1 Å². The van der Waals surface area contributed by atoms with Crippen molar-refractivity contribution in [3.05, 3.63) is 161 Å². The van der Waals surface area contributed by atoms with Crippen LogP contribution >= 0.6 is 0 Å². The second-order valence-corrected chi connectivity index (χ2v) is 12.8. The third-order valence-electron chi connectivity index (χ3n) is 8.93. The number of nitrogens with zero attached hydrogens (tertiary/aromatic N) is 2. The van der Waals surface area contributed by atoms with E-state index in [2.05, 4.69) is 176 Å². The van der Waals surface area contributed by atoms with E-state index in [1.165, 1.54) is 55.9 Å². The van der Waals surface area contributed by atoms with Gasteiger partial charge in [0, 0.05) is 29.0 Å².